The van der Waals surface area contributed by atoms with Crippen LogP contribution < -0.4 is 0 Å². The Bertz CT molecular complexity index is 362. The predicted molar refractivity (Wildman–Crippen MR) is 67.2 cm³/mol. The van der Waals surface area contributed by atoms with Crippen LogP contribution in [0, 0.1) is 11.6 Å². The molecule has 1 aromatic carbocycles. The van der Waals surface area contributed by atoms with Gasteiger partial charge in [-0.25, -0.2) is 8.78 Å². The van der Waals surface area contributed by atoms with Crippen LogP contribution in [0.25, 0.3) is 0 Å². The lowest BCUT2D eigenvalue weighted by Gasteiger charge is -2.20. The molecular weight excluding hydrogens is 244 g/mol. The van der Waals surface area contributed by atoms with Crippen LogP contribution in [0.2, 0.25) is 0 Å². The molecule has 0 aliphatic carbocycles. The minimum Gasteiger partial charge on any atom is -0.387 e. The van der Waals surface area contributed by atoms with Crippen LogP contribution in [-0.4, -0.2) is 42.2 Å². The highest BCUT2D eigenvalue weighted by atomic mass is 32.2. The number of hydrogen-bond donors (Lipinski definition) is 1. The minimum absolute atomic E-state index is 0.141. The van der Waals surface area contributed by atoms with Gasteiger partial charge in [-0.05, 0) is 19.4 Å². The fourth-order valence-corrected chi connectivity index (χ4v) is 2.00. The zero-order chi connectivity index (χ0) is 12.8. The van der Waals surface area contributed by atoms with Gasteiger partial charge in [0.15, 0.2) is 0 Å². The maximum Gasteiger partial charge on any atom is 0.131 e. The molecule has 0 amide bonds. The molecule has 1 atom stereocenters. The summed E-state index contributed by atoms with van der Waals surface area (Å²) >= 11 is 1.71. The average Bonchev–Trinajstić information content (AvgIpc) is 2.26. The van der Waals surface area contributed by atoms with Crippen molar-refractivity contribution in [2.45, 2.75) is 6.10 Å². The summed E-state index contributed by atoms with van der Waals surface area (Å²) in [7, 11) is 1.86. The van der Waals surface area contributed by atoms with Crippen molar-refractivity contribution in [3.05, 3.63) is 35.4 Å². The summed E-state index contributed by atoms with van der Waals surface area (Å²) in [4.78, 5) is 1.92. The van der Waals surface area contributed by atoms with E-state index >= 15 is 0 Å². The minimum atomic E-state index is -0.928. The van der Waals surface area contributed by atoms with Gasteiger partial charge in [0.2, 0.25) is 0 Å². The molecule has 5 heteroatoms. The quantitative estimate of drug-likeness (QED) is 0.850. The fourth-order valence-electron chi connectivity index (χ4n) is 1.50. The van der Waals surface area contributed by atoms with Crippen molar-refractivity contribution in [3.8, 4) is 0 Å². The molecule has 1 rings (SSSR count). The molecule has 0 radical (unpaired) electrons. The Hall–Kier alpha value is -0.650. The Morgan fingerprint density at radius 1 is 1.41 bits per heavy atom. The first kappa shape index (κ1) is 14.4. The Balaban J connectivity index is 2.60. The highest BCUT2D eigenvalue weighted by Crippen LogP contribution is 2.18. The molecule has 0 spiro atoms. The van der Waals surface area contributed by atoms with Gasteiger partial charge in [-0.3, -0.25) is 0 Å². The van der Waals surface area contributed by atoms with Crippen molar-refractivity contribution in [3.63, 3.8) is 0 Å². The van der Waals surface area contributed by atoms with Gasteiger partial charge < -0.3 is 10.0 Å². The summed E-state index contributed by atoms with van der Waals surface area (Å²) in [5.41, 5.74) is 0.141. The number of aliphatic hydroxyl groups is 1. The number of aliphatic hydroxyl groups excluding tert-OH is 1. The second-order valence-corrected chi connectivity index (χ2v) is 4.92. The molecule has 17 heavy (non-hydrogen) atoms. The van der Waals surface area contributed by atoms with Crippen LogP contribution in [0.4, 0.5) is 8.78 Å². The van der Waals surface area contributed by atoms with Gasteiger partial charge in [-0.15, -0.1) is 0 Å². The van der Waals surface area contributed by atoms with E-state index in [0.717, 1.165) is 24.4 Å². The SMILES string of the molecule is CSCCN(C)CC(O)c1ccc(F)cc1F. The normalized spacial score (nSPS) is 13.1. The van der Waals surface area contributed by atoms with E-state index in [4.69, 9.17) is 0 Å². The molecule has 0 saturated carbocycles. The largest absolute Gasteiger partial charge is 0.387 e. The molecule has 96 valence electrons. The number of benzene rings is 1. The molecule has 1 N–H and O–H groups in total. The number of likely N-dealkylation sites (N-methyl/N-ethyl adjacent to an activating group) is 1. The Morgan fingerprint density at radius 2 is 2.12 bits per heavy atom. The van der Waals surface area contributed by atoms with E-state index in [2.05, 4.69) is 0 Å². The van der Waals surface area contributed by atoms with Crippen LogP contribution in [-0.2, 0) is 0 Å². The van der Waals surface area contributed by atoms with E-state index in [-0.39, 0.29) is 5.56 Å². The first-order chi connectivity index (χ1) is 8.04. The Morgan fingerprint density at radius 3 is 2.71 bits per heavy atom. The molecule has 1 unspecified atom stereocenters. The van der Waals surface area contributed by atoms with Gasteiger partial charge in [-0.2, -0.15) is 11.8 Å². The van der Waals surface area contributed by atoms with Crippen LogP contribution >= 0.6 is 11.8 Å². The zero-order valence-corrected chi connectivity index (χ0v) is 10.8. The lowest BCUT2D eigenvalue weighted by Crippen LogP contribution is -2.27. The van der Waals surface area contributed by atoms with Crippen LogP contribution in [0.3, 0.4) is 0 Å². The Labute approximate surface area is 105 Å². The lowest BCUT2D eigenvalue weighted by molar-refractivity contribution is 0.126. The van der Waals surface area contributed by atoms with Crippen LogP contribution in [0.15, 0.2) is 18.2 Å². The van der Waals surface area contributed by atoms with Crippen LogP contribution in [0.5, 0.6) is 0 Å². The van der Waals surface area contributed by atoms with Gasteiger partial charge in [0.25, 0.3) is 0 Å². The fraction of sp³-hybridized carbons (Fsp3) is 0.500. The number of thioether (sulfide) groups is 1. The molecule has 0 saturated heterocycles. The van der Waals surface area contributed by atoms with Gasteiger partial charge >= 0.3 is 0 Å². The summed E-state index contributed by atoms with van der Waals surface area (Å²) in [5.74, 6) is -0.375. The topological polar surface area (TPSA) is 23.5 Å². The smallest absolute Gasteiger partial charge is 0.131 e. The standard InChI is InChI=1S/C12H17F2NOS/c1-15(5-6-17-2)8-12(16)10-4-3-9(13)7-11(10)14/h3-4,7,12,16H,5-6,8H2,1-2H3. The van der Waals surface area contributed by atoms with E-state index in [9.17, 15) is 13.9 Å². The van der Waals surface area contributed by atoms with Crippen molar-refractivity contribution in [2.75, 3.05) is 32.1 Å². The number of nitrogens with zero attached hydrogens (tertiary/aromatic N) is 1. The monoisotopic (exact) mass is 261 g/mol. The van der Waals surface area contributed by atoms with Gasteiger partial charge in [0.1, 0.15) is 11.6 Å². The first-order valence-corrected chi connectivity index (χ1v) is 6.74. The van der Waals surface area contributed by atoms with Gasteiger partial charge in [0.05, 0.1) is 6.10 Å². The number of hydrogen-bond acceptors (Lipinski definition) is 3. The summed E-state index contributed by atoms with van der Waals surface area (Å²) in [6, 6.07) is 3.24. The summed E-state index contributed by atoms with van der Waals surface area (Å²) in [6.07, 6.45) is 1.08. The number of rotatable bonds is 6. The van der Waals surface area contributed by atoms with Crippen molar-refractivity contribution in [1.82, 2.24) is 4.90 Å². The molecule has 1 aromatic rings. The van der Waals surface area contributed by atoms with Crippen molar-refractivity contribution in [1.29, 1.82) is 0 Å². The van der Waals surface area contributed by atoms with E-state index in [1.54, 1.807) is 11.8 Å². The summed E-state index contributed by atoms with van der Waals surface area (Å²) < 4.78 is 26.1. The van der Waals surface area contributed by atoms with E-state index in [1.807, 2.05) is 18.2 Å². The van der Waals surface area contributed by atoms with Crippen molar-refractivity contribution in [2.24, 2.45) is 0 Å². The van der Waals surface area contributed by atoms with E-state index in [1.165, 1.54) is 6.07 Å². The summed E-state index contributed by atoms with van der Waals surface area (Å²) in [5, 5.41) is 9.85. The lowest BCUT2D eigenvalue weighted by atomic mass is 10.1. The molecule has 0 aliphatic heterocycles. The maximum atomic E-state index is 13.4. The second-order valence-electron chi connectivity index (χ2n) is 3.94. The molecule has 0 aliphatic rings. The van der Waals surface area contributed by atoms with Crippen molar-refractivity contribution < 1.29 is 13.9 Å². The van der Waals surface area contributed by atoms with E-state index in [0.29, 0.717) is 6.54 Å². The number of halogens is 2. The molecule has 0 aromatic heterocycles. The molecule has 0 fully saturated rings. The molecule has 0 bridgehead atoms. The molecule has 0 heterocycles. The maximum absolute atomic E-state index is 13.4. The van der Waals surface area contributed by atoms with Gasteiger partial charge in [-0.1, -0.05) is 6.07 Å². The zero-order valence-electron chi connectivity index (χ0n) is 9.99. The molecular formula is C12H17F2NOS. The van der Waals surface area contributed by atoms with E-state index < -0.39 is 17.7 Å². The Kier molecular flexibility index (Phi) is 5.88. The average molecular weight is 261 g/mol. The third kappa shape index (κ3) is 4.61. The van der Waals surface area contributed by atoms with Gasteiger partial charge in [0, 0.05) is 30.5 Å². The third-order valence-corrected chi connectivity index (χ3v) is 3.07. The molecule has 2 nitrogen and oxygen atoms in total. The first-order valence-electron chi connectivity index (χ1n) is 5.35. The van der Waals surface area contributed by atoms with Crippen molar-refractivity contribution >= 4 is 11.8 Å². The summed E-state index contributed by atoms with van der Waals surface area (Å²) in [6.45, 7) is 1.16. The van der Waals surface area contributed by atoms with Crippen LogP contribution in [0.1, 0.15) is 11.7 Å². The highest BCUT2D eigenvalue weighted by Gasteiger charge is 2.15. The highest BCUT2D eigenvalue weighted by molar-refractivity contribution is 7.98. The third-order valence-electron chi connectivity index (χ3n) is 2.48. The second kappa shape index (κ2) is 6.93. The predicted octanol–water partition coefficient (Wildman–Crippen LogP) is 2.29.